The maximum Gasteiger partial charge on any atom is 0.272 e. The molecular weight excluding hydrogens is 400 g/mol. The number of thioether (sulfide) groups is 1. The number of rotatable bonds is 5. The smallest absolute Gasteiger partial charge is 0.268 e. The lowest BCUT2D eigenvalue weighted by atomic mass is 10.1. The maximum atomic E-state index is 13.3. The Labute approximate surface area is 176 Å². The van der Waals surface area contributed by atoms with Crippen molar-refractivity contribution < 1.29 is 4.92 Å². The number of aromatic nitrogens is 3. The van der Waals surface area contributed by atoms with Crippen LogP contribution >= 0.6 is 11.8 Å². The number of pyridine rings is 1. The van der Waals surface area contributed by atoms with Crippen LogP contribution in [-0.2, 0) is 5.75 Å². The summed E-state index contributed by atoms with van der Waals surface area (Å²) < 4.78 is 1.51. The van der Waals surface area contributed by atoms with Gasteiger partial charge in [0, 0.05) is 23.6 Å². The molecule has 0 atom stereocenters. The van der Waals surface area contributed by atoms with Crippen LogP contribution in [0.3, 0.4) is 0 Å². The van der Waals surface area contributed by atoms with Gasteiger partial charge in [0.25, 0.3) is 11.2 Å². The van der Waals surface area contributed by atoms with E-state index in [9.17, 15) is 14.9 Å². The molecule has 7 nitrogen and oxygen atoms in total. The highest BCUT2D eigenvalue weighted by atomic mass is 32.2. The average Bonchev–Trinajstić information content (AvgIpc) is 2.73. The second-order valence-corrected chi connectivity index (χ2v) is 7.79. The van der Waals surface area contributed by atoms with E-state index in [1.807, 2.05) is 31.2 Å². The van der Waals surface area contributed by atoms with E-state index in [0.717, 1.165) is 11.1 Å². The second kappa shape index (κ2) is 8.08. The van der Waals surface area contributed by atoms with Gasteiger partial charge in [0.2, 0.25) is 0 Å². The van der Waals surface area contributed by atoms with Gasteiger partial charge in [-0.25, -0.2) is 14.5 Å². The first-order valence-corrected chi connectivity index (χ1v) is 10.2. The van der Waals surface area contributed by atoms with Gasteiger partial charge < -0.3 is 0 Å². The molecule has 0 bridgehead atoms. The van der Waals surface area contributed by atoms with Crippen LogP contribution < -0.4 is 5.56 Å². The molecule has 0 fully saturated rings. The van der Waals surface area contributed by atoms with Crippen LogP contribution in [0.4, 0.5) is 5.69 Å². The van der Waals surface area contributed by atoms with Crippen molar-refractivity contribution in [2.24, 2.45) is 0 Å². The molecule has 4 aromatic rings. The zero-order chi connectivity index (χ0) is 21.3. The van der Waals surface area contributed by atoms with E-state index in [-0.39, 0.29) is 16.2 Å². The number of nitro groups is 1. The molecule has 0 radical (unpaired) electrons. The minimum Gasteiger partial charge on any atom is -0.268 e. The first kappa shape index (κ1) is 19.8. The van der Waals surface area contributed by atoms with Crippen molar-refractivity contribution in [3.8, 4) is 5.82 Å². The molecule has 0 unspecified atom stereocenters. The minimum atomic E-state index is -0.385. The maximum absolute atomic E-state index is 13.3. The van der Waals surface area contributed by atoms with Crippen LogP contribution in [0.5, 0.6) is 0 Å². The molecule has 0 aliphatic carbocycles. The van der Waals surface area contributed by atoms with Crippen LogP contribution in [0.2, 0.25) is 0 Å². The number of benzene rings is 2. The summed E-state index contributed by atoms with van der Waals surface area (Å²) in [5.74, 6) is 0.931. The molecule has 0 N–H and O–H groups in total. The largest absolute Gasteiger partial charge is 0.272 e. The monoisotopic (exact) mass is 418 g/mol. The quantitative estimate of drug-likeness (QED) is 0.204. The molecule has 0 aliphatic heterocycles. The van der Waals surface area contributed by atoms with E-state index in [1.54, 1.807) is 37.4 Å². The Hall–Kier alpha value is -3.52. The highest BCUT2D eigenvalue weighted by Crippen LogP contribution is 2.28. The molecule has 0 aliphatic rings. The van der Waals surface area contributed by atoms with Crippen LogP contribution in [0.25, 0.3) is 16.7 Å². The third kappa shape index (κ3) is 3.69. The topological polar surface area (TPSA) is 90.9 Å². The van der Waals surface area contributed by atoms with Crippen molar-refractivity contribution in [1.29, 1.82) is 0 Å². The molecule has 2 aromatic heterocycles. The fourth-order valence-corrected chi connectivity index (χ4v) is 4.29. The Kier molecular flexibility index (Phi) is 5.33. The van der Waals surface area contributed by atoms with Crippen molar-refractivity contribution in [2.45, 2.75) is 24.8 Å². The fourth-order valence-electron chi connectivity index (χ4n) is 3.22. The van der Waals surface area contributed by atoms with Gasteiger partial charge >= 0.3 is 0 Å². The Morgan fingerprint density at radius 3 is 2.67 bits per heavy atom. The number of aryl methyl sites for hydroxylation is 1. The lowest BCUT2D eigenvalue weighted by Crippen LogP contribution is -2.22. The summed E-state index contributed by atoms with van der Waals surface area (Å²) in [6.07, 6.45) is 1.66. The number of nitro benzene ring substituents is 1. The van der Waals surface area contributed by atoms with E-state index in [2.05, 4.69) is 4.98 Å². The van der Waals surface area contributed by atoms with Gasteiger partial charge in [-0.15, -0.1) is 0 Å². The molecule has 8 heteroatoms. The molecule has 0 spiro atoms. The van der Waals surface area contributed by atoms with Gasteiger partial charge in [-0.2, -0.15) is 0 Å². The molecule has 2 heterocycles. The summed E-state index contributed by atoms with van der Waals surface area (Å²) >= 11 is 1.35. The van der Waals surface area contributed by atoms with Crippen LogP contribution in [0, 0.1) is 24.0 Å². The SMILES string of the molecule is Cc1ccnc(-n2c(SCc3cccc([N+](=O)[O-])c3C)nc3ccccc3c2=O)c1. The minimum absolute atomic E-state index is 0.0808. The van der Waals surface area contributed by atoms with Gasteiger partial charge in [-0.3, -0.25) is 14.9 Å². The predicted octanol–water partition coefficient (Wildman–Crippen LogP) is 4.60. The van der Waals surface area contributed by atoms with Gasteiger partial charge in [0.05, 0.1) is 15.8 Å². The Balaban J connectivity index is 1.83. The van der Waals surface area contributed by atoms with Crippen LogP contribution in [0.15, 0.2) is 70.7 Å². The summed E-state index contributed by atoms with van der Waals surface area (Å²) in [7, 11) is 0. The number of hydrogen-bond donors (Lipinski definition) is 0. The number of para-hydroxylation sites is 1. The molecule has 4 rings (SSSR count). The number of fused-ring (bicyclic) bond motifs is 1. The summed E-state index contributed by atoms with van der Waals surface area (Å²) in [5.41, 5.74) is 2.89. The van der Waals surface area contributed by atoms with Crippen LogP contribution in [-0.4, -0.2) is 19.5 Å². The molecule has 0 amide bonds. The number of nitrogens with zero attached hydrogens (tertiary/aromatic N) is 4. The van der Waals surface area contributed by atoms with Crippen molar-refractivity contribution >= 4 is 28.4 Å². The van der Waals surface area contributed by atoms with E-state index in [1.165, 1.54) is 22.4 Å². The lowest BCUT2D eigenvalue weighted by molar-refractivity contribution is -0.385. The molecule has 2 aromatic carbocycles. The number of hydrogen-bond acceptors (Lipinski definition) is 6. The van der Waals surface area contributed by atoms with Gasteiger partial charge in [-0.05, 0) is 49.2 Å². The van der Waals surface area contributed by atoms with Crippen molar-refractivity contribution in [2.75, 3.05) is 0 Å². The van der Waals surface area contributed by atoms with Crippen molar-refractivity contribution in [1.82, 2.24) is 14.5 Å². The van der Waals surface area contributed by atoms with Crippen molar-refractivity contribution in [3.63, 3.8) is 0 Å². The summed E-state index contributed by atoms with van der Waals surface area (Å²) in [5, 5.41) is 12.2. The van der Waals surface area contributed by atoms with Gasteiger partial charge in [0.15, 0.2) is 5.16 Å². The molecular formula is C22H18N4O3S. The highest BCUT2D eigenvalue weighted by molar-refractivity contribution is 7.98. The van der Waals surface area contributed by atoms with E-state index in [4.69, 9.17) is 4.98 Å². The van der Waals surface area contributed by atoms with E-state index < -0.39 is 0 Å². The summed E-state index contributed by atoms with van der Waals surface area (Å²) in [6.45, 7) is 3.67. The van der Waals surface area contributed by atoms with Crippen LogP contribution in [0.1, 0.15) is 16.7 Å². The first-order valence-electron chi connectivity index (χ1n) is 9.26. The van der Waals surface area contributed by atoms with Gasteiger partial charge in [-0.1, -0.05) is 36.0 Å². The third-order valence-electron chi connectivity index (χ3n) is 4.85. The highest BCUT2D eigenvalue weighted by Gasteiger charge is 2.17. The molecule has 150 valence electrons. The zero-order valence-electron chi connectivity index (χ0n) is 16.4. The third-order valence-corrected chi connectivity index (χ3v) is 5.83. The van der Waals surface area contributed by atoms with Gasteiger partial charge in [0.1, 0.15) is 5.82 Å². The summed E-state index contributed by atoms with van der Waals surface area (Å²) in [4.78, 5) is 33.2. The lowest BCUT2D eigenvalue weighted by Gasteiger charge is -2.13. The molecule has 0 saturated heterocycles. The second-order valence-electron chi connectivity index (χ2n) is 6.85. The Morgan fingerprint density at radius 2 is 1.90 bits per heavy atom. The van der Waals surface area contributed by atoms with E-state index >= 15 is 0 Å². The first-order chi connectivity index (χ1) is 14.5. The Morgan fingerprint density at radius 1 is 1.10 bits per heavy atom. The normalized spacial score (nSPS) is 11.0. The zero-order valence-corrected chi connectivity index (χ0v) is 17.2. The summed E-state index contributed by atoms with van der Waals surface area (Å²) in [6, 6.07) is 15.9. The van der Waals surface area contributed by atoms with Crippen molar-refractivity contribution in [3.05, 3.63) is 98.0 Å². The molecule has 0 saturated carbocycles. The standard InChI is InChI=1S/C22H18N4O3S/c1-14-10-11-23-20(12-14)25-21(27)17-7-3-4-8-18(17)24-22(25)30-13-16-6-5-9-19(15(16)2)26(28)29/h3-12H,13H2,1-2H3. The fraction of sp³-hybridized carbons (Fsp3) is 0.136. The predicted molar refractivity (Wildman–Crippen MR) is 117 cm³/mol. The average molecular weight is 418 g/mol. The van der Waals surface area contributed by atoms with E-state index in [0.29, 0.717) is 33.2 Å². The molecule has 30 heavy (non-hydrogen) atoms. The Bertz CT molecular complexity index is 1330.